The highest BCUT2D eigenvalue weighted by molar-refractivity contribution is 5.16. The highest BCUT2D eigenvalue weighted by atomic mass is 16.3. The fourth-order valence-electron chi connectivity index (χ4n) is 3.26. The predicted octanol–water partition coefficient (Wildman–Crippen LogP) is 2.40. The van der Waals surface area contributed by atoms with E-state index in [1.54, 1.807) is 0 Å². The number of hydrogen-bond acceptors (Lipinski definition) is 3. The molecule has 1 fully saturated rings. The van der Waals surface area contributed by atoms with E-state index in [1.165, 1.54) is 24.8 Å². The van der Waals surface area contributed by atoms with Crippen molar-refractivity contribution in [3.8, 4) is 0 Å². The van der Waals surface area contributed by atoms with Crippen LogP contribution >= 0.6 is 0 Å². The summed E-state index contributed by atoms with van der Waals surface area (Å²) in [5.41, 5.74) is 1.91. The van der Waals surface area contributed by atoms with Crippen LogP contribution in [0.25, 0.3) is 0 Å². The van der Waals surface area contributed by atoms with E-state index < -0.39 is 5.60 Å². The fraction of sp³-hybridized carbons (Fsp3) is 0.812. The molecule has 2 N–H and O–H groups in total. The zero-order chi connectivity index (χ0) is 14.6. The van der Waals surface area contributed by atoms with E-state index in [0.29, 0.717) is 6.54 Å². The second kappa shape index (κ2) is 6.72. The Labute approximate surface area is 122 Å². The molecular weight excluding hydrogens is 250 g/mol. The number of aliphatic hydroxyl groups is 1. The molecule has 0 amide bonds. The Balaban J connectivity index is 1.80. The number of rotatable bonds is 6. The van der Waals surface area contributed by atoms with Gasteiger partial charge in [0.1, 0.15) is 0 Å². The summed E-state index contributed by atoms with van der Waals surface area (Å²) in [6.45, 7) is 5.88. The molecule has 0 aliphatic heterocycles. The molecule has 0 radical (unpaired) electrons. The fourth-order valence-corrected chi connectivity index (χ4v) is 3.26. The van der Waals surface area contributed by atoms with Crippen molar-refractivity contribution in [1.82, 2.24) is 15.1 Å². The first kappa shape index (κ1) is 15.5. The van der Waals surface area contributed by atoms with Crippen LogP contribution in [-0.4, -0.2) is 27.0 Å². The van der Waals surface area contributed by atoms with Gasteiger partial charge in [-0.3, -0.25) is 4.68 Å². The number of aromatic nitrogens is 2. The Morgan fingerprint density at radius 2 is 2.10 bits per heavy atom. The van der Waals surface area contributed by atoms with Gasteiger partial charge in [0.25, 0.3) is 0 Å². The van der Waals surface area contributed by atoms with E-state index in [2.05, 4.69) is 30.5 Å². The van der Waals surface area contributed by atoms with Crippen molar-refractivity contribution >= 4 is 0 Å². The van der Waals surface area contributed by atoms with Crippen LogP contribution in [0.15, 0.2) is 6.20 Å². The average Bonchev–Trinajstić information content (AvgIpc) is 2.80. The van der Waals surface area contributed by atoms with Crippen molar-refractivity contribution in [2.75, 3.05) is 6.54 Å². The van der Waals surface area contributed by atoms with Crippen molar-refractivity contribution in [1.29, 1.82) is 0 Å². The third-order valence-corrected chi connectivity index (χ3v) is 4.71. The van der Waals surface area contributed by atoms with Crippen LogP contribution in [-0.2, 0) is 20.0 Å². The first-order valence-corrected chi connectivity index (χ1v) is 8.01. The zero-order valence-corrected chi connectivity index (χ0v) is 13.2. The highest BCUT2D eigenvalue weighted by Crippen LogP contribution is 2.33. The van der Waals surface area contributed by atoms with E-state index >= 15 is 0 Å². The monoisotopic (exact) mass is 279 g/mol. The summed E-state index contributed by atoms with van der Waals surface area (Å²) in [5.74, 6) is 0.820. The second-order valence-corrected chi connectivity index (χ2v) is 6.31. The van der Waals surface area contributed by atoms with Crippen molar-refractivity contribution in [2.45, 2.75) is 64.5 Å². The molecule has 0 spiro atoms. The molecular formula is C16H29N3O. The van der Waals surface area contributed by atoms with E-state index in [9.17, 15) is 5.11 Å². The lowest BCUT2D eigenvalue weighted by atomic mass is 9.78. The molecule has 20 heavy (non-hydrogen) atoms. The molecule has 114 valence electrons. The lowest BCUT2D eigenvalue weighted by molar-refractivity contribution is -0.00882. The third kappa shape index (κ3) is 3.83. The largest absolute Gasteiger partial charge is 0.389 e. The van der Waals surface area contributed by atoms with Gasteiger partial charge in [0.05, 0.1) is 11.3 Å². The number of nitrogens with one attached hydrogen (secondary N) is 1. The molecule has 0 saturated heterocycles. The van der Waals surface area contributed by atoms with Crippen LogP contribution in [0.4, 0.5) is 0 Å². The minimum Gasteiger partial charge on any atom is -0.389 e. The molecule has 1 saturated carbocycles. The molecule has 1 heterocycles. The summed E-state index contributed by atoms with van der Waals surface area (Å²) in [7, 11) is 1.96. The van der Waals surface area contributed by atoms with Crippen LogP contribution in [0.2, 0.25) is 0 Å². The summed E-state index contributed by atoms with van der Waals surface area (Å²) in [4.78, 5) is 0. The predicted molar refractivity (Wildman–Crippen MR) is 81.5 cm³/mol. The molecule has 2 rings (SSSR count). The van der Waals surface area contributed by atoms with E-state index in [0.717, 1.165) is 37.4 Å². The number of hydrogen-bond donors (Lipinski definition) is 2. The Hall–Kier alpha value is -0.870. The lowest BCUT2D eigenvalue weighted by Crippen LogP contribution is -2.43. The molecule has 1 aliphatic carbocycles. The number of nitrogens with zero attached hydrogens (tertiary/aromatic N) is 2. The standard InChI is InChI=1S/C16H29N3O/c1-4-13-6-8-16(20,9-7-13)12-17-10-14-11-19(3)18-15(14)5-2/h11,13,17,20H,4-10,12H2,1-3H3. The SMILES string of the molecule is CCc1nn(C)cc1CNCC1(O)CCC(CC)CC1. The van der Waals surface area contributed by atoms with E-state index in [-0.39, 0.29) is 0 Å². The van der Waals surface area contributed by atoms with Crippen LogP contribution in [0.3, 0.4) is 0 Å². The summed E-state index contributed by atoms with van der Waals surface area (Å²) >= 11 is 0. The van der Waals surface area contributed by atoms with Gasteiger partial charge in [-0.25, -0.2) is 0 Å². The maximum absolute atomic E-state index is 10.6. The van der Waals surface area contributed by atoms with Gasteiger partial charge >= 0.3 is 0 Å². The molecule has 0 unspecified atom stereocenters. The molecule has 0 atom stereocenters. The summed E-state index contributed by atoms with van der Waals surface area (Å²) < 4.78 is 1.87. The van der Waals surface area contributed by atoms with Gasteiger partial charge in [-0.05, 0) is 38.0 Å². The minimum absolute atomic E-state index is 0.500. The first-order valence-electron chi connectivity index (χ1n) is 8.01. The first-order chi connectivity index (χ1) is 9.56. The third-order valence-electron chi connectivity index (χ3n) is 4.71. The van der Waals surface area contributed by atoms with Crippen molar-refractivity contribution in [2.24, 2.45) is 13.0 Å². The zero-order valence-electron chi connectivity index (χ0n) is 13.2. The Morgan fingerprint density at radius 1 is 1.40 bits per heavy atom. The summed E-state index contributed by atoms with van der Waals surface area (Å²) in [6.07, 6.45) is 8.49. The minimum atomic E-state index is -0.500. The average molecular weight is 279 g/mol. The molecule has 0 bridgehead atoms. The molecule has 4 nitrogen and oxygen atoms in total. The van der Waals surface area contributed by atoms with Crippen molar-refractivity contribution < 1.29 is 5.11 Å². The second-order valence-electron chi connectivity index (χ2n) is 6.31. The molecule has 1 aromatic heterocycles. The maximum atomic E-state index is 10.6. The Kier molecular flexibility index (Phi) is 5.22. The van der Waals surface area contributed by atoms with Gasteiger partial charge in [0, 0.05) is 31.9 Å². The van der Waals surface area contributed by atoms with Gasteiger partial charge < -0.3 is 10.4 Å². The van der Waals surface area contributed by atoms with Crippen LogP contribution < -0.4 is 5.32 Å². The quantitative estimate of drug-likeness (QED) is 0.840. The van der Waals surface area contributed by atoms with Gasteiger partial charge in [0.15, 0.2) is 0 Å². The molecule has 1 aromatic rings. The van der Waals surface area contributed by atoms with Crippen LogP contribution in [0.1, 0.15) is 57.2 Å². The summed E-state index contributed by atoms with van der Waals surface area (Å²) in [5, 5.41) is 18.5. The summed E-state index contributed by atoms with van der Waals surface area (Å²) in [6, 6.07) is 0. The van der Waals surface area contributed by atoms with Crippen LogP contribution in [0.5, 0.6) is 0 Å². The normalized spacial score (nSPS) is 26.9. The van der Waals surface area contributed by atoms with Crippen molar-refractivity contribution in [3.63, 3.8) is 0 Å². The van der Waals surface area contributed by atoms with Crippen molar-refractivity contribution in [3.05, 3.63) is 17.5 Å². The van der Waals surface area contributed by atoms with Gasteiger partial charge in [-0.1, -0.05) is 20.3 Å². The smallest absolute Gasteiger partial charge is 0.0771 e. The van der Waals surface area contributed by atoms with E-state index in [1.807, 2.05) is 11.7 Å². The van der Waals surface area contributed by atoms with Gasteiger partial charge in [0.2, 0.25) is 0 Å². The lowest BCUT2D eigenvalue weighted by Gasteiger charge is -2.36. The highest BCUT2D eigenvalue weighted by Gasteiger charge is 2.32. The Morgan fingerprint density at radius 3 is 2.70 bits per heavy atom. The topological polar surface area (TPSA) is 50.1 Å². The van der Waals surface area contributed by atoms with Crippen LogP contribution in [0, 0.1) is 5.92 Å². The molecule has 0 aromatic carbocycles. The van der Waals surface area contributed by atoms with Gasteiger partial charge in [-0.2, -0.15) is 5.10 Å². The molecule has 1 aliphatic rings. The molecule has 4 heteroatoms. The Bertz CT molecular complexity index is 419. The van der Waals surface area contributed by atoms with E-state index in [4.69, 9.17) is 0 Å². The van der Waals surface area contributed by atoms with Gasteiger partial charge in [-0.15, -0.1) is 0 Å². The number of aryl methyl sites for hydroxylation is 2. The maximum Gasteiger partial charge on any atom is 0.0771 e.